The van der Waals surface area contributed by atoms with Crippen molar-refractivity contribution in [3.63, 3.8) is 0 Å². The average Bonchev–Trinajstić information content (AvgIpc) is 2.37. The van der Waals surface area contributed by atoms with Crippen LogP contribution < -0.4 is 5.73 Å². The van der Waals surface area contributed by atoms with Crippen molar-refractivity contribution in [2.75, 3.05) is 6.54 Å². The van der Waals surface area contributed by atoms with E-state index in [9.17, 15) is 0 Å². The summed E-state index contributed by atoms with van der Waals surface area (Å²) in [5.41, 5.74) is 10.3. The lowest BCUT2D eigenvalue weighted by Gasteiger charge is -2.37. The molecule has 0 heterocycles. The highest BCUT2D eigenvalue weighted by Gasteiger charge is 2.30. The van der Waals surface area contributed by atoms with Crippen LogP contribution in [0.15, 0.2) is 18.2 Å². The minimum absolute atomic E-state index is 0.728. The van der Waals surface area contributed by atoms with Gasteiger partial charge in [-0.3, -0.25) is 0 Å². The molecular weight excluding hydrogens is 242 g/mol. The van der Waals surface area contributed by atoms with E-state index in [1.807, 2.05) is 0 Å². The maximum absolute atomic E-state index is 6.03. The molecule has 0 saturated heterocycles. The van der Waals surface area contributed by atoms with Gasteiger partial charge in [-0.25, -0.2) is 0 Å². The van der Waals surface area contributed by atoms with Crippen LogP contribution in [-0.2, 0) is 6.42 Å². The van der Waals surface area contributed by atoms with Gasteiger partial charge in [0, 0.05) is 0 Å². The lowest BCUT2D eigenvalue weighted by molar-refractivity contribution is 0.151. The molecule has 20 heavy (non-hydrogen) atoms. The lowest BCUT2D eigenvalue weighted by Crippen LogP contribution is -2.33. The molecule has 3 unspecified atom stereocenters. The predicted octanol–water partition coefficient (Wildman–Crippen LogP) is 4.49. The third-order valence-electron chi connectivity index (χ3n) is 5.21. The minimum atomic E-state index is 0.728. The molecule has 112 valence electrons. The lowest BCUT2D eigenvalue weighted by atomic mass is 9.68. The maximum atomic E-state index is 6.03. The maximum Gasteiger partial charge on any atom is -0.00461 e. The van der Waals surface area contributed by atoms with E-state index in [1.54, 1.807) is 0 Å². The van der Waals surface area contributed by atoms with Crippen molar-refractivity contribution >= 4 is 0 Å². The SMILES string of the molecule is Cc1cc(C)cc(CC2CC(C(C)C)CCC2CN)c1. The zero-order chi connectivity index (χ0) is 14.7. The summed E-state index contributed by atoms with van der Waals surface area (Å²) in [4.78, 5) is 0. The van der Waals surface area contributed by atoms with Crippen LogP contribution in [0.3, 0.4) is 0 Å². The monoisotopic (exact) mass is 273 g/mol. The topological polar surface area (TPSA) is 26.0 Å². The molecule has 1 heteroatoms. The molecule has 1 fully saturated rings. The van der Waals surface area contributed by atoms with Crippen LogP contribution in [0, 0.1) is 37.5 Å². The van der Waals surface area contributed by atoms with Crippen LogP contribution in [-0.4, -0.2) is 6.54 Å². The fraction of sp³-hybridized carbons (Fsp3) is 0.684. The summed E-state index contributed by atoms with van der Waals surface area (Å²) in [5.74, 6) is 3.22. The first-order chi connectivity index (χ1) is 9.49. The summed E-state index contributed by atoms with van der Waals surface area (Å²) < 4.78 is 0. The van der Waals surface area contributed by atoms with Crippen LogP contribution in [0.5, 0.6) is 0 Å². The molecule has 1 aromatic carbocycles. The van der Waals surface area contributed by atoms with E-state index in [2.05, 4.69) is 45.9 Å². The van der Waals surface area contributed by atoms with Crippen LogP contribution in [0.4, 0.5) is 0 Å². The van der Waals surface area contributed by atoms with Gasteiger partial charge in [-0.2, -0.15) is 0 Å². The Morgan fingerprint density at radius 1 is 1.05 bits per heavy atom. The molecule has 0 aliphatic heterocycles. The van der Waals surface area contributed by atoms with Gasteiger partial charge in [0.1, 0.15) is 0 Å². The molecule has 1 aliphatic rings. The fourth-order valence-corrected chi connectivity index (χ4v) is 4.02. The quantitative estimate of drug-likeness (QED) is 0.859. The van der Waals surface area contributed by atoms with E-state index in [-0.39, 0.29) is 0 Å². The summed E-state index contributed by atoms with van der Waals surface area (Å²) in [6.07, 6.45) is 5.29. The molecule has 2 N–H and O–H groups in total. The number of hydrogen-bond donors (Lipinski definition) is 1. The van der Waals surface area contributed by atoms with Crippen molar-refractivity contribution in [1.82, 2.24) is 0 Å². The van der Waals surface area contributed by atoms with Gasteiger partial charge in [-0.05, 0) is 75.3 Å². The number of nitrogens with two attached hydrogens (primary N) is 1. The van der Waals surface area contributed by atoms with Gasteiger partial charge >= 0.3 is 0 Å². The molecule has 2 rings (SSSR count). The molecule has 0 aromatic heterocycles. The van der Waals surface area contributed by atoms with E-state index in [1.165, 1.54) is 42.4 Å². The van der Waals surface area contributed by atoms with Crippen molar-refractivity contribution in [2.45, 2.75) is 53.4 Å². The Labute approximate surface area is 125 Å². The highest BCUT2D eigenvalue weighted by atomic mass is 14.6. The third kappa shape index (κ3) is 3.85. The largest absolute Gasteiger partial charge is 0.330 e. The summed E-state index contributed by atoms with van der Waals surface area (Å²) in [6, 6.07) is 6.99. The number of rotatable bonds is 4. The van der Waals surface area contributed by atoms with Crippen LogP contribution in [0.25, 0.3) is 0 Å². The Balaban J connectivity index is 2.11. The van der Waals surface area contributed by atoms with Crippen molar-refractivity contribution in [2.24, 2.45) is 29.4 Å². The Bertz CT molecular complexity index is 415. The predicted molar refractivity (Wildman–Crippen MR) is 87.8 cm³/mol. The fourth-order valence-electron chi connectivity index (χ4n) is 4.02. The molecule has 0 amide bonds. The Morgan fingerprint density at radius 3 is 2.25 bits per heavy atom. The van der Waals surface area contributed by atoms with E-state index in [0.29, 0.717) is 0 Å². The first-order valence-corrected chi connectivity index (χ1v) is 8.26. The van der Waals surface area contributed by atoms with Crippen molar-refractivity contribution in [3.05, 3.63) is 34.9 Å². The van der Waals surface area contributed by atoms with Gasteiger partial charge in [-0.1, -0.05) is 43.2 Å². The van der Waals surface area contributed by atoms with Crippen LogP contribution in [0.2, 0.25) is 0 Å². The van der Waals surface area contributed by atoms with Gasteiger partial charge < -0.3 is 5.73 Å². The highest BCUT2D eigenvalue weighted by Crippen LogP contribution is 2.38. The molecule has 1 aromatic rings. The standard InChI is InChI=1S/C19H31N/c1-13(2)17-5-6-18(12-20)19(11-17)10-16-8-14(3)7-15(4)9-16/h7-9,13,17-19H,5-6,10-12,20H2,1-4H3. The first-order valence-electron chi connectivity index (χ1n) is 8.26. The van der Waals surface area contributed by atoms with E-state index in [0.717, 1.165) is 30.2 Å². The van der Waals surface area contributed by atoms with Crippen LogP contribution in [0.1, 0.15) is 49.8 Å². The summed E-state index contributed by atoms with van der Waals surface area (Å²) in [7, 11) is 0. The number of hydrogen-bond acceptors (Lipinski definition) is 1. The zero-order valence-electron chi connectivity index (χ0n) is 13.7. The Kier molecular flexibility index (Phi) is 5.26. The molecule has 3 atom stereocenters. The van der Waals surface area contributed by atoms with E-state index >= 15 is 0 Å². The Morgan fingerprint density at radius 2 is 1.70 bits per heavy atom. The van der Waals surface area contributed by atoms with E-state index < -0.39 is 0 Å². The molecular formula is C19H31N. The van der Waals surface area contributed by atoms with Gasteiger partial charge in [0.25, 0.3) is 0 Å². The second-order valence-electron chi connectivity index (χ2n) is 7.27. The second kappa shape index (κ2) is 6.76. The minimum Gasteiger partial charge on any atom is -0.330 e. The molecule has 0 spiro atoms. The highest BCUT2D eigenvalue weighted by molar-refractivity contribution is 5.29. The van der Waals surface area contributed by atoms with Gasteiger partial charge in [0.05, 0.1) is 0 Å². The summed E-state index contributed by atoms with van der Waals surface area (Å²) in [5, 5.41) is 0. The van der Waals surface area contributed by atoms with Crippen molar-refractivity contribution in [1.29, 1.82) is 0 Å². The van der Waals surface area contributed by atoms with Gasteiger partial charge in [0.2, 0.25) is 0 Å². The summed E-state index contributed by atoms with van der Waals surface area (Å²) in [6.45, 7) is 10.0. The number of benzene rings is 1. The second-order valence-corrected chi connectivity index (χ2v) is 7.27. The average molecular weight is 273 g/mol. The van der Waals surface area contributed by atoms with Crippen LogP contribution >= 0.6 is 0 Å². The molecule has 1 aliphatic carbocycles. The van der Waals surface area contributed by atoms with E-state index in [4.69, 9.17) is 5.73 Å². The number of aryl methyl sites for hydroxylation is 2. The molecule has 0 bridgehead atoms. The zero-order valence-corrected chi connectivity index (χ0v) is 13.7. The van der Waals surface area contributed by atoms with Gasteiger partial charge in [0.15, 0.2) is 0 Å². The molecule has 1 saturated carbocycles. The molecule has 0 radical (unpaired) electrons. The van der Waals surface area contributed by atoms with Crippen molar-refractivity contribution in [3.8, 4) is 0 Å². The van der Waals surface area contributed by atoms with Crippen molar-refractivity contribution < 1.29 is 0 Å². The smallest absolute Gasteiger partial charge is 0.00461 e. The summed E-state index contributed by atoms with van der Waals surface area (Å²) >= 11 is 0. The third-order valence-corrected chi connectivity index (χ3v) is 5.21. The molecule has 1 nitrogen and oxygen atoms in total. The first kappa shape index (κ1) is 15.6. The normalized spacial score (nSPS) is 27.0. The Hall–Kier alpha value is -0.820. The van der Waals surface area contributed by atoms with Gasteiger partial charge in [-0.15, -0.1) is 0 Å².